The molecule has 0 saturated carbocycles. The monoisotopic (exact) mass is 136 g/mol. The first kappa shape index (κ1) is 6.71. The summed E-state index contributed by atoms with van der Waals surface area (Å²) in [6.45, 7) is 3.80. The fourth-order valence-corrected chi connectivity index (χ4v) is 0.609. The summed E-state index contributed by atoms with van der Waals surface area (Å²) in [5, 5.41) is 3.31. The van der Waals surface area contributed by atoms with Gasteiger partial charge < -0.3 is 4.42 Å². The lowest BCUT2D eigenvalue weighted by Crippen LogP contribution is -1.70. The van der Waals surface area contributed by atoms with E-state index < -0.39 is 0 Å². The maximum atomic E-state index is 7.94. The minimum atomic E-state index is 0.256. The first-order valence-corrected chi connectivity index (χ1v) is 2.74. The Bertz CT molecular complexity index is 260. The molecule has 1 aromatic rings. The highest BCUT2D eigenvalue weighted by Gasteiger charge is 1.93. The van der Waals surface area contributed by atoms with Gasteiger partial charge in [0, 0.05) is 11.8 Å². The second-order valence-corrected chi connectivity index (χ2v) is 1.76. The van der Waals surface area contributed by atoms with Gasteiger partial charge in [0.15, 0.2) is 0 Å². The highest BCUT2D eigenvalue weighted by Crippen LogP contribution is 2.06. The molecule has 4 heteroatoms. The summed E-state index contributed by atoms with van der Waals surface area (Å²) >= 11 is 0. The molecule has 51 valence electrons. The number of furan rings is 1. The van der Waals surface area contributed by atoms with Gasteiger partial charge in [0.1, 0.15) is 11.5 Å². The summed E-state index contributed by atoms with van der Waals surface area (Å²) in [6, 6.07) is 3.46. The maximum Gasteiger partial charge on any atom is 0.110 e. The summed E-state index contributed by atoms with van der Waals surface area (Å²) in [7, 11) is 0. The number of azide groups is 1. The average molecular weight is 136 g/mol. The number of rotatable bonds is 2. The molecule has 0 unspecified atom stereocenters. The molecule has 0 N–H and O–H groups in total. The number of nitrogens with zero attached hydrogens (tertiary/aromatic N) is 3. The van der Waals surface area contributed by atoms with Gasteiger partial charge in [0.25, 0.3) is 0 Å². The Morgan fingerprint density at radius 2 is 2.50 bits per heavy atom. The van der Waals surface area contributed by atoms with Crippen molar-refractivity contribution >= 4 is 0 Å². The molecular formula is C6H6N3O. The molecule has 0 aliphatic carbocycles. The van der Waals surface area contributed by atoms with Crippen molar-refractivity contribution < 1.29 is 4.42 Å². The highest BCUT2D eigenvalue weighted by molar-refractivity contribution is 5.08. The molecule has 0 spiro atoms. The Balaban J connectivity index is 2.66. The molecule has 0 atom stereocenters. The van der Waals surface area contributed by atoms with Crippen LogP contribution in [0.15, 0.2) is 21.7 Å². The number of hydrogen-bond donors (Lipinski definition) is 0. The largest absolute Gasteiger partial charge is 0.466 e. The molecule has 10 heavy (non-hydrogen) atoms. The SMILES string of the molecule is [CH2]c1ccc(CN=[N+]=[N-])o1. The molecule has 0 aliphatic rings. The Morgan fingerprint density at radius 1 is 1.70 bits per heavy atom. The van der Waals surface area contributed by atoms with Crippen LogP contribution >= 0.6 is 0 Å². The van der Waals surface area contributed by atoms with Crippen molar-refractivity contribution in [3.63, 3.8) is 0 Å². The van der Waals surface area contributed by atoms with E-state index in [-0.39, 0.29) is 6.54 Å². The molecule has 0 saturated heterocycles. The third-order valence-electron chi connectivity index (χ3n) is 1.01. The standard InChI is InChI=1S/C6H6N3O/c1-5-2-3-6(10-5)4-8-9-7/h2-3H,1,4H2. The van der Waals surface area contributed by atoms with Gasteiger partial charge in [0.05, 0.1) is 6.54 Å². The molecule has 0 aliphatic heterocycles. The van der Waals surface area contributed by atoms with Gasteiger partial charge in [-0.3, -0.25) is 0 Å². The van der Waals surface area contributed by atoms with Crippen molar-refractivity contribution in [3.05, 3.63) is 41.0 Å². The van der Waals surface area contributed by atoms with Crippen LogP contribution in [-0.2, 0) is 6.54 Å². The lowest BCUT2D eigenvalue weighted by atomic mass is 10.4. The topological polar surface area (TPSA) is 61.9 Å². The van der Waals surface area contributed by atoms with E-state index in [4.69, 9.17) is 9.95 Å². The van der Waals surface area contributed by atoms with Gasteiger partial charge in [-0.2, -0.15) is 0 Å². The molecule has 4 nitrogen and oxygen atoms in total. The van der Waals surface area contributed by atoms with Crippen LogP contribution in [0.2, 0.25) is 0 Å². The Labute approximate surface area is 58.1 Å². The van der Waals surface area contributed by atoms with E-state index >= 15 is 0 Å². The van der Waals surface area contributed by atoms with Gasteiger partial charge in [-0.05, 0) is 17.7 Å². The van der Waals surface area contributed by atoms with Crippen LogP contribution in [0.4, 0.5) is 0 Å². The molecule has 0 bridgehead atoms. The van der Waals surface area contributed by atoms with Crippen LogP contribution in [0.3, 0.4) is 0 Å². The van der Waals surface area contributed by atoms with Gasteiger partial charge in [-0.1, -0.05) is 5.11 Å². The van der Waals surface area contributed by atoms with E-state index in [0.29, 0.717) is 11.5 Å². The van der Waals surface area contributed by atoms with Crippen molar-refractivity contribution in [2.24, 2.45) is 5.11 Å². The predicted molar refractivity (Wildman–Crippen MR) is 36.0 cm³/mol. The third kappa shape index (κ3) is 1.53. The maximum absolute atomic E-state index is 7.94. The smallest absolute Gasteiger partial charge is 0.110 e. The van der Waals surface area contributed by atoms with Gasteiger partial charge in [0.2, 0.25) is 0 Å². The minimum Gasteiger partial charge on any atom is -0.466 e. The first-order valence-electron chi connectivity index (χ1n) is 2.74. The van der Waals surface area contributed by atoms with Crippen molar-refractivity contribution in [2.45, 2.75) is 6.54 Å². The summed E-state index contributed by atoms with van der Waals surface area (Å²) in [4.78, 5) is 2.58. The van der Waals surface area contributed by atoms with Gasteiger partial charge in [-0.15, -0.1) is 0 Å². The number of hydrogen-bond acceptors (Lipinski definition) is 2. The molecule has 1 rings (SSSR count). The zero-order valence-corrected chi connectivity index (χ0v) is 5.32. The van der Waals surface area contributed by atoms with Crippen LogP contribution in [0.1, 0.15) is 11.5 Å². The third-order valence-corrected chi connectivity index (χ3v) is 1.01. The molecule has 0 amide bonds. The minimum absolute atomic E-state index is 0.256. The summed E-state index contributed by atoms with van der Waals surface area (Å²) in [5.74, 6) is 1.23. The van der Waals surface area contributed by atoms with Crippen LogP contribution < -0.4 is 0 Å². The molecule has 0 fully saturated rings. The fourth-order valence-electron chi connectivity index (χ4n) is 0.609. The van der Waals surface area contributed by atoms with E-state index in [1.807, 2.05) is 0 Å². The molecule has 1 radical (unpaired) electrons. The van der Waals surface area contributed by atoms with Crippen molar-refractivity contribution in [1.82, 2.24) is 0 Å². The lowest BCUT2D eigenvalue weighted by molar-refractivity contribution is 0.497. The molecular weight excluding hydrogens is 130 g/mol. The second-order valence-electron chi connectivity index (χ2n) is 1.76. The van der Waals surface area contributed by atoms with E-state index in [1.54, 1.807) is 12.1 Å². The van der Waals surface area contributed by atoms with Crippen molar-refractivity contribution in [3.8, 4) is 0 Å². The Morgan fingerprint density at radius 3 is 3.00 bits per heavy atom. The van der Waals surface area contributed by atoms with Gasteiger partial charge in [-0.25, -0.2) is 0 Å². The quantitative estimate of drug-likeness (QED) is 0.349. The predicted octanol–water partition coefficient (Wildman–Crippen LogP) is 2.27. The van der Waals surface area contributed by atoms with Crippen LogP contribution in [0.25, 0.3) is 10.4 Å². The summed E-state index contributed by atoms with van der Waals surface area (Å²) < 4.78 is 5.01. The Hall–Kier alpha value is -1.41. The molecule has 1 aromatic heterocycles. The first-order chi connectivity index (χ1) is 4.83. The Kier molecular flexibility index (Phi) is 1.97. The zero-order chi connectivity index (χ0) is 7.40. The summed E-state index contributed by atoms with van der Waals surface area (Å²) in [5.41, 5.74) is 7.94. The van der Waals surface area contributed by atoms with Crippen molar-refractivity contribution in [1.29, 1.82) is 0 Å². The van der Waals surface area contributed by atoms with E-state index in [9.17, 15) is 0 Å². The van der Waals surface area contributed by atoms with Crippen LogP contribution in [0, 0.1) is 6.92 Å². The van der Waals surface area contributed by atoms with E-state index in [2.05, 4.69) is 16.9 Å². The molecule has 0 aromatic carbocycles. The van der Waals surface area contributed by atoms with Gasteiger partial charge >= 0.3 is 0 Å². The normalized spacial score (nSPS) is 8.90. The summed E-state index contributed by atoms with van der Waals surface area (Å²) in [6.07, 6.45) is 0. The average Bonchev–Trinajstić information content (AvgIpc) is 2.31. The zero-order valence-electron chi connectivity index (χ0n) is 5.32. The van der Waals surface area contributed by atoms with Crippen LogP contribution in [-0.4, -0.2) is 0 Å². The lowest BCUT2D eigenvalue weighted by Gasteiger charge is -1.83. The van der Waals surface area contributed by atoms with E-state index in [1.165, 1.54) is 0 Å². The van der Waals surface area contributed by atoms with E-state index in [0.717, 1.165) is 0 Å². The van der Waals surface area contributed by atoms with Crippen molar-refractivity contribution in [2.75, 3.05) is 0 Å². The second kappa shape index (κ2) is 2.94. The fraction of sp³-hybridized carbons (Fsp3) is 0.167. The molecule has 1 heterocycles. The van der Waals surface area contributed by atoms with Crippen LogP contribution in [0.5, 0.6) is 0 Å². The highest BCUT2D eigenvalue weighted by atomic mass is 16.3.